The van der Waals surface area contributed by atoms with Gasteiger partial charge < -0.3 is 15.4 Å². The van der Waals surface area contributed by atoms with Gasteiger partial charge in [-0.1, -0.05) is 17.7 Å². The Morgan fingerprint density at radius 3 is 2.81 bits per heavy atom. The Balaban J connectivity index is 1.73. The van der Waals surface area contributed by atoms with Crippen molar-refractivity contribution in [2.24, 2.45) is 0 Å². The summed E-state index contributed by atoms with van der Waals surface area (Å²) in [5.74, 6) is 0.843. The maximum atomic E-state index is 12.6. The van der Waals surface area contributed by atoms with Crippen molar-refractivity contribution in [3.05, 3.63) is 76.7 Å². The molecule has 7 heteroatoms. The number of pyridine rings is 2. The number of methoxy groups -OCH3 is 1. The molecule has 138 valence electrons. The molecule has 0 bridgehead atoms. The summed E-state index contributed by atoms with van der Waals surface area (Å²) in [6.07, 6.45) is 5.09. The molecule has 1 aromatic carbocycles. The van der Waals surface area contributed by atoms with E-state index in [1.165, 1.54) is 7.11 Å². The summed E-state index contributed by atoms with van der Waals surface area (Å²) in [6.45, 7) is 2.43. The molecule has 0 aliphatic heterocycles. The van der Waals surface area contributed by atoms with E-state index in [0.29, 0.717) is 34.4 Å². The Kier molecular flexibility index (Phi) is 5.88. The quantitative estimate of drug-likeness (QED) is 0.664. The molecule has 0 saturated heterocycles. The second kappa shape index (κ2) is 8.51. The predicted octanol–water partition coefficient (Wildman–Crippen LogP) is 4.31. The molecule has 2 heterocycles. The third-order valence-electron chi connectivity index (χ3n) is 3.95. The number of amides is 1. The summed E-state index contributed by atoms with van der Waals surface area (Å²) in [7, 11) is 1.53. The zero-order valence-electron chi connectivity index (χ0n) is 15.0. The zero-order chi connectivity index (χ0) is 19.2. The van der Waals surface area contributed by atoms with Crippen LogP contribution in [0.25, 0.3) is 0 Å². The van der Waals surface area contributed by atoms with Gasteiger partial charge in [-0.25, -0.2) is 4.98 Å². The van der Waals surface area contributed by atoms with Gasteiger partial charge in [0.15, 0.2) is 0 Å². The highest BCUT2D eigenvalue weighted by molar-refractivity contribution is 6.31. The van der Waals surface area contributed by atoms with Crippen molar-refractivity contribution in [1.29, 1.82) is 0 Å². The molecule has 3 aromatic rings. The number of benzene rings is 1. The van der Waals surface area contributed by atoms with Crippen LogP contribution in [0.5, 0.6) is 5.75 Å². The lowest BCUT2D eigenvalue weighted by Gasteiger charge is -2.13. The SMILES string of the molecule is COc1cc(Cl)c(C)cc1NC(=O)c1ccnc(NCc2cccnc2)c1. The van der Waals surface area contributed by atoms with E-state index in [1.807, 2.05) is 19.1 Å². The van der Waals surface area contributed by atoms with Gasteiger partial charge in [0.1, 0.15) is 11.6 Å². The molecule has 27 heavy (non-hydrogen) atoms. The van der Waals surface area contributed by atoms with Crippen LogP contribution in [0.15, 0.2) is 55.0 Å². The van der Waals surface area contributed by atoms with Gasteiger partial charge in [0.05, 0.1) is 12.8 Å². The number of nitrogens with zero attached hydrogens (tertiary/aromatic N) is 2. The fourth-order valence-electron chi connectivity index (χ4n) is 2.49. The highest BCUT2D eigenvalue weighted by Crippen LogP contribution is 2.31. The molecule has 1 amide bonds. The average molecular weight is 383 g/mol. The minimum Gasteiger partial charge on any atom is -0.495 e. The molecule has 0 fully saturated rings. The number of halogens is 1. The Morgan fingerprint density at radius 1 is 1.22 bits per heavy atom. The number of anilines is 2. The van der Waals surface area contributed by atoms with Gasteiger partial charge in [-0.15, -0.1) is 0 Å². The first-order valence-corrected chi connectivity index (χ1v) is 8.69. The number of hydrogen-bond acceptors (Lipinski definition) is 5. The van der Waals surface area contributed by atoms with Crippen LogP contribution in [0.2, 0.25) is 5.02 Å². The van der Waals surface area contributed by atoms with Crippen molar-refractivity contribution in [2.45, 2.75) is 13.5 Å². The number of hydrogen-bond donors (Lipinski definition) is 2. The number of ether oxygens (including phenoxy) is 1. The van der Waals surface area contributed by atoms with Gasteiger partial charge in [0.2, 0.25) is 0 Å². The molecule has 0 aliphatic carbocycles. The topological polar surface area (TPSA) is 76.1 Å². The summed E-state index contributed by atoms with van der Waals surface area (Å²) in [4.78, 5) is 21.0. The number of carbonyl (C=O) groups excluding carboxylic acids is 1. The van der Waals surface area contributed by atoms with Crippen LogP contribution in [-0.4, -0.2) is 23.0 Å². The van der Waals surface area contributed by atoms with Crippen LogP contribution in [0.1, 0.15) is 21.5 Å². The summed E-state index contributed by atoms with van der Waals surface area (Å²) in [6, 6.07) is 10.6. The number of rotatable bonds is 6. The van der Waals surface area contributed by atoms with Crippen LogP contribution >= 0.6 is 11.6 Å². The molecule has 0 saturated carbocycles. The van der Waals surface area contributed by atoms with Gasteiger partial charge in [0, 0.05) is 41.8 Å². The normalized spacial score (nSPS) is 10.3. The van der Waals surface area contributed by atoms with E-state index in [2.05, 4.69) is 20.6 Å². The molecule has 0 spiro atoms. The van der Waals surface area contributed by atoms with E-state index in [1.54, 1.807) is 42.9 Å². The van der Waals surface area contributed by atoms with Crippen LogP contribution in [0.4, 0.5) is 11.5 Å². The Hall–Kier alpha value is -3.12. The van der Waals surface area contributed by atoms with Crippen molar-refractivity contribution in [1.82, 2.24) is 9.97 Å². The van der Waals surface area contributed by atoms with Crippen molar-refractivity contribution in [3.8, 4) is 5.75 Å². The van der Waals surface area contributed by atoms with Crippen molar-refractivity contribution in [2.75, 3.05) is 17.7 Å². The number of nitrogens with one attached hydrogen (secondary N) is 2. The van der Waals surface area contributed by atoms with Gasteiger partial charge in [-0.3, -0.25) is 9.78 Å². The minimum atomic E-state index is -0.262. The predicted molar refractivity (Wildman–Crippen MR) is 106 cm³/mol. The van der Waals surface area contributed by atoms with Crippen LogP contribution < -0.4 is 15.4 Å². The standard InChI is InChI=1S/C20H19ClN4O2/c1-13-8-17(18(27-2)10-16(13)21)25-20(26)15-5-7-23-19(9-15)24-12-14-4-3-6-22-11-14/h3-11H,12H2,1-2H3,(H,23,24)(H,25,26). The molecule has 2 N–H and O–H groups in total. The maximum Gasteiger partial charge on any atom is 0.255 e. The van der Waals surface area contributed by atoms with E-state index in [0.717, 1.165) is 11.1 Å². The van der Waals surface area contributed by atoms with E-state index in [9.17, 15) is 4.79 Å². The average Bonchev–Trinajstić information content (AvgIpc) is 2.70. The Bertz CT molecular complexity index is 948. The van der Waals surface area contributed by atoms with Gasteiger partial charge in [-0.2, -0.15) is 0 Å². The molecule has 2 aromatic heterocycles. The molecule has 3 rings (SSSR count). The summed E-state index contributed by atoms with van der Waals surface area (Å²) in [5, 5.41) is 6.62. The largest absolute Gasteiger partial charge is 0.495 e. The summed E-state index contributed by atoms with van der Waals surface area (Å²) >= 11 is 6.11. The molecular formula is C20H19ClN4O2. The number of carbonyl (C=O) groups is 1. The Morgan fingerprint density at radius 2 is 2.07 bits per heavy atom. The second-order valence-electron chi connectivity index (χ2n) is 5.90. The molecule has 0 unspecified atom stereocenters. The lowest BCUT2D eigenvalue weighted by atomic mass is 10.2. The van der Waals surface area contributed by atoms with Crippen LogP contribution in [0.3, 0.4) is 0 Å². The van der Waals surface area contributed by atoms with Crippen molar-refractivity contribution in [3.63, 3.8) is 0 Å². The van der Waals surface area contributed by atoms with E-state index >= 15 is 0 Å². The summed E-state index contributed by atoms with van der Waals surface area (Å²) < 4.78 is 5.30. The van der Waals surface area contributed by atoms with Gasteiger partial charge >= 0.3 is 0 Å². The number of aromatic nitrogens is 2. The molecule has 6 nitrogen and oxygen atoms in total. The van der Waals surface area contributed by atoms with Gasteiger partial charge in [0.25, 0.3) is 5.91 Å². The lowest BCUT2D eigenvalue weighted by Crippen LogP contribution is -2.13. The highest BCUT2D eigenvalue weighted by atomic mass is 35.5. The monoisotopic (exact) mass is 382 g/mol. The van der Waals surface area contributed by atoms with Crippen molar-refractivity contribution < 1.29 is 9.53 Å². The van der Waals surface area contributed by atoms with E-state index in [4.69, 9.17) is 16.3 Å². The maximum absolute atomic E-state index is 12.6. The number of aryl methyl sites for hydroxylation is 1. The molecule has 0 aliphatic rings. The van der Waals surface area contributed by atoms with E-state index in [-0.39, 0.29) is 5.91 Å². The molecule has 0 radical (unpaired) electrons. The first-order chi connectivity index (χ1) is 13.1. The van der Waals surface area contributed by atoms with E-state index < -0.39 is 0 Å². The molecular weight excluding hydrogens is 364 g/mol. The first-order valence-electron chi connectivity index (χ1n) is 8.31. The molecule has 0 atom stereocenters. The highest BCUT2D eigenvalue weighted by Gasteiger charge is 2.12. The van der Waals surface area contributed by atoms with Crippen LogP contribution in [0, 0.1) is 6.92 Å². The fraction of sp³-hybridized carbons (Fsp3) is 0.150. The second-order valence-corrected chi connectivity index (χ2v) is 6.31. The summed E-state index contributed by atoms with van der Waals surface area (Å²) in [5.41, 5.74) is 2.91. The zero-order valence-corrected chi connectivity index (χ0v) is 15.7. The van der Waals surface area contributed by atoms with Gasteiger partial charge in [-0.05, 0) is 42.3 Å². The third kappa shape index (κ3) is 4.74. The third-order valence-corrected chi connectivity index (χ3v) is 4.35. The smallest absolute Gasteiger partial charge is 0.255 e. The van der Waals surface area contributed by atoms with Crippen LogP contribution in [-0.2, 0) is 6.54 Å². The van der Waals surface area contributed by atoms with Crippen molar-refractivity contribution >= 4 is 29.0 Å². The minimum absolute atomic E-state index is 0.262. The lowest BCUT2D eigenvalue weighted by molar-refractivity contribution is 0.102. The fourth-order valence-corrected chi connectivity index (χ4v) is 2.64. The Labute approximate surface area is 162 Å². The first kappa shape index (κ1) is 18.7.